The van der Waals surface area contributed by atoms with Gasteiger partial charge in [-0.2, -0.15) is 0 Å². The molecule has 0 spiro atoms. The molecule has 0 aromatic heterocycles. The highest BCUT2D eigenvalue weighted by atomic mass is 16.5. The average Bonchev–Trinajstić information content (AvgIpc) is 2.85. The standard InChI is InChI=1S/C24H38N4O4/c1-19(2)20(3,4)26(30)17(25(19)29)23-10-15-9-16(11-23)13-24(12-15,14-23)18-27(31)21(5,6)22(7,8)28(18)32/h15-16H,9-14H2,1-8H3. The van der Waals surface area contributed by atoms with Gasteiger partial charge in [0, 0.05) is 10.4 Å². The van der Waals surface area contributed by atoms with Gasteiger partial charge in [-0.15, -0.1) is 0 Å². The van der Waals surface area contributed by atoms with E-state index >= 15 is 0 Å². The number of hydrogen-bond donors (Lipinski definition) is 0. The van der Waals surface area contributed by atoms with Crippen molar-refractivity contribution in [1.82, 2.24) is 10.1 Å². The molecule has 2 aliphatic heterocycles. The summed E-state index contributed by atoms with van der Waals surface area (Å²) in [4.78, 5) is 0. The van der Waals surface area contributed by atoms with Crippen LogP contribution in [0.4, 0.5) is 0 Å². The third-order valence-corrected chi connectivity index (χ3v) is 10.8. The number of amidine groups is 2. The van der Waals surface area contributed by atoms with Crippen LogP contribution in [0.15, 0.2) is 0 Å². The highest BCUT2D eigenvalue weighted by molar-refractivity contribution is 5.90. The molecule has 8 nitrogen and oxygen atoms in total. The molecule has 4 aliphatic carbocycles. The van der Waals surface area contributed by atoms with Crippen molar-refractivity contribution in [1.29, 1.82) is 0 Å². The molecule has 4 bridgehead atoms. The fourth-order valence-electron chi connectivity index (χ4n) is 7.87. The minimum atomic E-state index is -0.861. The summed E-state index contributed by atoms with van der Waals surface area (Å²) in [5, 5.41) is 56.4. The third kappa shape index (κ3) is 2.21. The zero-order valence-electron chi connectivity index (χ0n) is 20.8. The van der Waals surface area contributed by atoms with Crippen LogP contribution < -0.4 is 0 Å². The lowest BCUT2D eigenvalue weighted by atomic mass is 9.43. The molecule has 6 rings (SSSR count). The second-order valence-electron chi connectivity index (χ2n) is 13.6. The van der Waals surface area contributed by atoms with Crippen molar-refractivity contribution >= 4 is 11.7 Å². The lowest BCUT2D eigenvalue weighted by molar-refractivity contribution is -0.545. The Hall–Kier alpha value is -1.54. The Morgan fingerprint density at radius 1 is 0.688 bits per heavy atom. The highest BCUT2D eigenvalue weighted by Gasteiger charge is 2.74. The molecule has 178 valence electrons. The van der Waals surface area contributed by atoms with Gasteiger partial charge >= 0.3 is 0 Å². The summed E-state index contributed by atoms with van der Waals surface area (Å²) in [5.41, 5.74) is -4.60. The summed E-state index contributed by atoms with van der Waals surface area (Å²) < 4.78 is 1.94. The van der Waals surface area contributed by atoms with Crippen molar-refractivity contribution in [3.05, 3.63) is 10.4 Å². The quantitative estimate of drug-likeness (QED) is 0.475. The molecule has 6 aliphatic rings. The Labute approximate surface area is 191 Å². The lowest BCUT2D eigenvalue weighted by Crippen LogP contribution is -2.63. The second kappa shape index (κ2) is 5.74. The molecule has 0 atom stereocenters. The molecule has 4 fully saturated rings. The van der Waals surface area contributed by atoms with Crippen LogP contribution in [-0.2, 0) is 10.4 Å². The van der Waals surface area contributed by atoms with Crippen LogP contribution in [0.3, 0.4) is 0 Å². The smallest absolute Gasteiger partial charge is 0.290 e. The van der Waals surface area contributed by atoms with Crippen molar-refractivity contribution in [2.75, 3.05) is 0 Å². The van der Waals surface area contributed by atoms with Crippen LogP contribution in [-0.4, -0.2) is 53.4 Å². The molecule has 0 amide bonds. The SMILES string of the molecule is CC1(C)N([O])C(C23CC4CC(C2)CC(C2=[N+]([O-])C(C)(C)C(C)(C)N2[O])(C4)C3)=[N+]([O-])C1(C)C. The first-order valence-electron chi connectivity index (χ1n) is 12.1. The van der Waals surface area contributed by atoms with Gasteiger partial charge in [-0.1, -0.05) is 10.1 Å². The minimum absolute atomic E-state index is 0.318. The molecule has 0 aromatic rings. The predicted octanol–water partition coefficient (Wildman–Crippen LogP) is 3.83. The Morgan fingerprint density at radius 2 is 1.00 bits per heavy atom. The van der Waals surface area contributed by atoms with Gasteiger partial charge < -0.3 is 10.4 Å². The van der Waals surface area contributed by atoms with Crippen LogP contribution in [0.2, 0.25) is 0 Å². The van der Waals surface area contributed by atoms with Crippen molar-refractivity contribution in [3.63, 3.8) is 0 Å². The topological polar surface area (TPSA) is 98.4 Å². The number of hydroxylamine groups is 6. The monoisotopic (exact) mass is 446 g/mol. The van der Waals surface area contributed by atoms with Crippen molar-refractivity contribution in [2.45, 2.75) is 116 Å². The lowest BCUT2D eigenvalue weighted by Gasteiger charge is -2.59. The van der Waals surface area contributed by atoms with Gasteiger partial charge in [-0.05, 0) is 106 Å². The number of hydrogen-bond acceptors (Lipinski definition) is 4. The van der Waals surface area contributed by atoms with Gasteiger partial charge in [-0.3, -0.25) is 9.48 Å². The molecular formula is C24H38N4O4. The van der Waals surface area contributed by atoms with Gasteiger partial charge in [-0.25, -0.2) is 0 Å². The third-order valence-electron chi connectivity index (χ3n) is 10.8. The highest BCUT2D eigenvalue weighted by Crippen LogP contribution is 2.68. The first-order valence-corrected chi connectivity index (χ1v) is 12.1. The Kier molecular flexibility index (Phi) is 4.00. The summed E-state index contributed by atoms with van der Waals surface area (Å²) in [7, 11) is 0. The minimum Gasteiger partial charge on any atom is -0.715 e. The van der Waals surface area contributed by atoms with Crippen LogP contribution >= 0.6 is 0 Å². The first kappa shape index (κ1) is 22.3. The van der Waals surface area contributed by atoms with Crippen molar-refractivity contribution < 1.29 is 19.9 Å². The van der Waals surface area contributed by atoms with E-state index in [0.29, 0.717) is 29.9 Å². The predicted molar refractivity (Wildman–Crippen MR) is 118 cm³/mol. The fourth-order valence-corrected chi connectivity index (χ4v) is 7.87. The van der Waals surface area contributed by atoms with E-state index in [1.165, 1.54) is 0 Å². The Bertz CT molecular complexity index is 862. The van der Waals surface area contributed by atoms with Crippen LogP contribution in [0, 0.1) is 33.1 Å². The van der Waals surface area contributed by atoms with Gasteiger partial charge in [0.05, 0.1) is 10.8 Å². The van der Waals surface area contributed by atoms with E-state index < -0.39 is 33.0 Å². The van der Waals surface area contributed by atoms with E-state index in [0.717, 1.165) is 51.7 Å². The first-order chi connectivity index (χ1) is 14.4. The summed E-state index contributed by atoms with van der Waals surface area (Å²) >= 11 is 0. The largest absolute Gasteiger partial charge is 0.715 e. The molecular weight excluding hydrogens is 408 g/mol. The maximum Gasteiger partial charge on any atom is 0.290 e. The van der Waals surface area contributed by atoms with Crippen molar-refractivity contribution in [2.24, 2.45) is 22.7 Å². The molecule has 8 heteroatoms. The average molecular weight is 447 g/mol. The molecule has 2 radical (unpaired) electrons. The van der Waals surface area contributed by atoms with Crippen molar-refractivity contribution in [3.8, 4) is 0 Å². The van der Waals surface area contributed by atoms with Gasteiger partial charge in [0.2, 0.25) is 0 Å². The van der Waals surface area contributed by atoms with Gasteiger partial charge in [0.15, 0.2) is 11.1 Å². The summed E-state index contributed by atoms with van der Waals surface area (Å²) in [6.45, 7) is 14.7. The Morgan fingerprint density at radius 3 is 1.25 bits per heavy atom. The molecule has 0 saturated heterocycles. The van der Waals surface area contributed by atoms with E-state index in [4.69, 9.17) is 0 Å². The van der Waals surface area contributed by atoms with E-state index in [9.17, 15) is 20.8 Å². The summed E-state index contributed by atoms with van der Waals surface area (Å²) in [6, 6.07) is 0. The maximum absolute atomic E-state index is 13.6. The summed E-state index contributed by atoms with van der Waals surface area (Å²) in [6.07, 6.45) is 4.76. The maximum atomic E-state index is 13.6. The molecule has 0 unspecified atom stereocenters. The summed E-state index contributed by atoms with van der Waals surface area (Å²) in [5.74, 6) is 1.30. The van der Waals surface area contributed by atoms with E-state index in [-0.39, 0.29) is 0 Å². The van der Waals surface area contributed by atoms with Gasteiger partial charge in [0.1, 0.15) is 11.1 Å². The molecule has 2 heterocycles. The molecule has 0 aromatic carbocycles. The molecule has 4 saturated carbocycles. The van der Waals surface area contributed by atoms with E-state index in [1.54, 1.807) is 0 Å². The van der Waals surface area contributed by atoms with E-state index in [1.807, 2.05) is 55.4 Å². The van der Waals surface area contributed by atoms with Gasteiger partial charge in [0.25, 0.3) is 11.7 Å². The zero-order chi connectivity index (χ0) is 23.9. The Balaban J connectivity index is 1.66. The molecule has 32 heavy (non-hydrogen) atoms. The van der Waals surface area contributed by atoms with Crippen LogP contribution in [0.25, 0.3) is 0 Å². The van der Waals surface area contributed by atoms with Crippen LogP contribution in [0.5, 0.6) is 0 Å². The number of nitrogens with zero attached hydrogens (tertiary/aromatic N) is 4. The normalized spacial score (nSPS) is 43.1. The van der Waals surface area contributed by atoms with E-state index in [2.05, 4.69) is 0 Å². The number of rotatable bonds is 2. The zero-order valence-corrected chi connectivity index (χ0v) is 20.8. The fraction of sp³-hybridized carbons (Fsp3) is 0.917. The van der Waals surface area contributed by atoms with Crippen LogP contribution in [0.1, 0.15) is 93.9 Å². The molecule has 0 N–H and O–H groups in total. The second-order valence-corrected chi connectivity index (χ2v) is 13.6.